The molecule has 1 aromatic heterocycles. The molecule has 0 bridgehead atoms. The zero-order chi connectivity index (χ0) is 17.0. The quantitative estimate of drug-likeness (QED) is 0.817. The molecule has 0 N–H and O–H groups in total. The molecule has 5 nitrogen and oxygen atoms in total. The number of rotatable bonds is 6. The van der Waals surface area contributed by atoms with Gasteiger partial charge in [0.15, 0.2) is 0 Å². The summed E-state index contributed by atoms with van der Waals surface area (Å²) < 4.78 is 28.4. The van der Waals surface area contributed by atoms with E-state index < -0.39 is 10.0 Å². The lowest BCUT2D eigenvalue weighted by Gasteiger charge is -2.23. The second-order valence-corrected chi connectivity index (χ2v) is 7.69. The normalized spacial score (nSPS) is 12.6. The lowest BCUT2D eigenvalue weighted by Crippen LogP contribution is -2.34. The predicted octanol–water partition coefficient (Wildman–Crippen LogP) is 2.94. The van der Waals surface area contributed by atoms with Gasteiger partial charge in [0.25, 0.3) is 0 Å². The molecule has 1 aromatic carbocycles. The molecule has 0 aliphatic heterocycles. The van der Waals surface area contributed by atoms with Crippen LogP contribution in [0.4, 0.5) is 0 Å². The maximum absolute atomic E-state index is 12.6. The number of aromatic nitrogens is 2. The average Bonchev–Trinajstić information content (AvgIpc) is 2.89. The van der Waals surface area contributed by atoms with Crippen LogP contribution < -0.4 is 0 Å². The molecule has 0 saturated carbocycles. The van der Waals surface area contributed by atoms with Crippen molar-refractivity contribution >= 4 is 16.1 Å². The van der Waals surface area contributed by atoms with Gasteiger partial charge in [0, 0.05) is 36.8 Å². The van der Waals surface area contributed by atoms with Crippen LogP contribution in [0, 0.1) is 6.92 Å². The van der Waals surface area contributed by atoms with Crippen LogP contribution in [0.2, 0.25) is 0 Å². The molecule has 0 saturated heterocycles. The van der Waals surface area contributed by atoms with Gasteiger partial charge < -0.3 is 0 Å². The summed E-state index contributed by atoms with van der Waals surface area (Å²) in [5, 5.41) is 5.36. The molecule has 0 amide bonds. The van der Waals surface area contributed by atoms with Crippen LogP contribution in [-0.4, -0.2) is 28.5 Å². The molecular weight excluding hydrogens is 310 g/mol. The molecule has 0 atom stereocenters. The summed E-state index contributed by atoms with van der Waals surface area (Å²) >= 11 is 0. The van der Waals surface area contributed by atoms with Crippen molar-refractivity contribution < 1.29 is 8.42 Å². The van der Waals surface area contributed by atoms with Crippen molar-refractivity contribution in [1.82, 2.24) is 14.1 Å². The highest BCUT2D eigenvalue weighted by molar-refractivity contribution is 7.92. The van der Waals surface area contributed by atoms with Crippen LogP contribution in [0.25, 0.3) is 6.08 Å². The van der Waals surface area contributed by atoms with E-state index in [1.165, 1.54) is 9.71 Å². The van der Waals surface area contributed by atoms with E-state index in [1.807, 2.05) is 58.3 Å². The molecule has 1 heterocycles. The monoisotopic (exact) mass is 333 g/mol. The number of hydrogen-bond acceptors (Lipinski definition) is 3. The number of benzene rings is 1. The third-order valence-corrected chi connectivity index (χ3v) is 5.19. The Morgan fingerprint density at radius 3 is 2.43 bits per heavy atom. The Morgan fingerprint density at radius 2 is 1.91 bits per heavy atom. The first-order valence-corrected chi connectivity index (χ1v) is 9.02. The number of sulfonamides is 1. The number of nitrogens with zero attached hydrogens (tertiary/aromatic N) is 3. The summed E-state index contributed by atoms with van der Waals surface area (Å²) in [5.74, 6) is 0. The zero-order valence-electron chi connectivity index (χ0n) is 14.0. The molecule has 6 heteroatoms. The Bertz CT molecular complexity index is 774. The van der Waals surface area contributed by atoms with Gasteiger partial charge in [-0.25, -0.2) is 8.42 Å². The van der Waals surface area contributed by atoms with Gasteiger partial charge in [-0.15, -0.1) is 0 Å². The van der Waals surface area contributed by atoms with Crippen LogP contribution in [0.1, 0.15) is 30.5 Å². The Hall–Kier alpha value is -1.92. The fourth-order valence-electron chi connectivity index (χ4n) is 2.22. The largest absolute Gasteiger partial charge is 0.275 e. The Balaban J connectivity index is 2.20. The van der Waals surface area contributed by atoms with Gasteiger partial charge in [0.05, 0.1) is 6.20 Å². The molecule has 23 heavy (non-hydrogen) atoms. The van der Waals surface area contributed by atoms with Gasteiger partial charge in [-0.3, -0.25) is 4.68 Å². The highest BCUT2D eigenvalue weighted by Crippen LogP contribution is 2.16. The molecule has 0 aliphatic carbocycles. The van der Waals surface area contributed by atoms with Gasteiger partial charge >= 0.3 is 0 Å². The van der Waals surface area contributed by atoms with E-state index in [0.29, 0.717) is 6.54 Å². The first-order chi connectivity index (χ1) is 10.8. The zero-order valence-corrected chi connectivity index (χ0v) is 14.8. The summed E-state index contributed by atoms with van der Waals surface area (Å²) in [7, 11) is -1.69. The minimum Gasteiger partial charge on any atom is -0.275 e. The fraction of sp³-hybridized carbons (Fsp3) is 0.353. The van der Waals surface area contributed by atoms with Crippen molar-refractivity contribution in [3.63, 3.8) is 0 Å². The third kappa shape index (κ3) is 4.77. The molecule has 124 valence electrons. The first-order valence-electron chi connectivity index (χ1n) is 7.52. The van der Waals surface area contributed by atoms with E-state index in [-0.39, 0.29) is 6.04 Å². The Labute approximate surface area is 138 Å². The van der Waals surface area contributed by atoms with Crippen LogP contribution >= 0.6 is 0 Å². The van der Waals surface area contributed by atoms with E-state index in [4.69, 9.17) is 0 Å². The summed E-state index contributed by atoms with van der Waals surface area (Å²) in [6, 6.07) is 7.59. The summed E-state index contributed by atoms with van der Waals surface area (Å²) in [4.78, 5) is 0. The second kappa shape index (κ2) is 7.10. The molecule has 2 rings (SSSR count). The molecule has 0 aliphatic rings. The third-order valence-electron chi connectivity index (χ3n) is 3.51. The maximum atomic E-state index is 12.6. The van der Waals surface area contributed by atoms with Gasteiger partial charge in [-0.05, 0) is 32.4 Å². The molecule has 2 aromatic rings. The predicted molar refractivity (Wildman–Crippen MR) is 93.0 cm³/mol. The molecular formula is C17H23N3O2S. The van der Waals surface area contributed by atoms with Gasteiger partial charge in [0.1, 0.15) is 0 Å². The van der Waals surface area contributed by atoms with Crippen LogP contribution in [0.15, 0.2) is 42.1 Å². The average molecular weight is 333 g/mol. The topological polar surface area (TPSA) is 55.2 Å². The van der Waals surface area contributed by atoms with Crippen LogP contribution in [-0.2, 0) is 23.6 Å². The maximum Gasteiger partial charge on any atom is 0.236 e. The van der Waals surface area contributed by atoms with Gasteiger partial charge in [-0.2, -0.15) is 9.40 Å². The van der Waals surface area contributed by atoms with Crippen molar-refractivity contribution in [2.75, 3.05) is 0 Å². The van der Waals surface area contributed by atoms with Crippen molar-refractivity contribution in [3.05, 3.63) is 58.8 Å². The fourth-order valence-corrected chi connectivity index (χ4v) is 3.62. The van der Waals surface area contributed by atoms with E-state index in [9.17, 15) is 8.42 Å². The summed E-state index contributed by atoms with van der Waals surface area (Å²) in [6.07, 6.45) is 5.15. The highest BCUT2D eigenvalue weighted by Gasteiger charge is 2.23. The van der Waals surface area contributed by atoms with Crippen molar-refractivity contribution in [2.45, 2.75) is 33.4 Å². The van der Waals surface area contributed by atoms with Crippen molar-refractivity contribution in [2.24, 2.45) is 7.05 Å². The van der Waals surface area contributed by atoms with Gasteiger partial charge in [-0.1, -0.05) is 29.8 Å². The molecule has 0 unspecified atom stereocenters. The summed E-state index contributed by atoms with van der Waals surface area (Å²) in [6.45, 7) is 6.05. The van der Waals surface area contributed by atoms with E-state index in [2.05, 4.69) is 5.10 Å². The molecule has 0 fully saturated rings. The minimum absolute atomic E-state index is 0.136. The standard InChI is InChI=1S/C17H23N3O2S/c1-14(2)20(13-17-11-18-19(4)12-17)23(21,22)10-9-16-7-5-15(3)6-8-16/h5-12,14H,13H2,1-4H3. The van der Waals surface area contributed by atoms with Crippen molar-refractivity contribution in [3.8, 4) is 0 Å². The van der Waals surface area contributed by atoms with Crippen molar-refractivity contribution in [1.29, 1.82) is 0 Å². The minimum atomic E-state index is -3.50. The van der Waals surface area contributed by atoms with Crippen LogP contribution in [0.3, 0.4) is 0 Å². The lowest BCUT2D eigenvalue weighted by atomic mass is 10.2. The van der Waals surface area contributed by atoms with Crippen LogP contribution in [0.5, 0.6) is 0 Å². The Morgan fingerprint density at radius 1 is 1.26 bits per heavy atom. The number of aryl methyl sites for hydroxylation is 2. The summed E-state index contributed by atoms with van der Waals surface area (Å²) in [5.41, 5.74) is 2.88. The van der Waals surface area contributed by atoms with E-state index in [1.54, 1.807) is 17.0 Å². The first kappa shape index (κ1) is 17.4. The lowest BCUT2D eigenvalue weighted by molar-refractivity contribution is 0.353. The SMILES string of the molecule is Cc1ccc(C=CS(=O)(=O)N(Cc2cnn(C)c2)C(C)C)cc1. The number of hydrogen-bond donors (Lipinski definition) is 0. The molecule has 0 spiro atoms. The van der Waals surface area contributed by atoms with E-state index in [0.717, 1.165) is 16.7 Å². The Kier molecular flexibility index (Phi) is 5.38. The van der Waals surface area contributed by atoms with E-state index >= 15 is 0 Å². The second-order valence-electron chi connectivity index (χ2n) is 5.92. The highest BCUT2D eigenvalue weighted by atomic mass is 32.2. The molecule has 0 radical (unpaired) electrons. The smallest absolute Gasteiger partial charge is 0.236 e. The van der Waals surface area contributed by atoms with Gasteiger partial charge in [0.2, 0.25) is 10.0 Å².